The van der Waals surface area contributed by atoms with Crippen molar-refractivity contribution < 1.29 is 13.2 Å². The van der Waals surface area contributed by atoms with Crippen LogP contribution in [0.15, 0.2) is 48.7 Å². The van der Waals surface area contributed by atoms with E-state index in [2.05, 4.69) is 20.6 Å². The van der Waals surface area contributed by atoms with Crippen molar-refractivity contribution in [3.8, 4) is 0 Å². The summed E-state index contributed by atoms with van der Waals surface area (Å²) >= 11 is 5.81. The van der Waals surface area contributed by atoms with Crippen LogP contribution in [0.5, 0.6) is 0 Å². The molecule has 0 aliphatic carbocycles. The van der Waals surface area contributed by atoms with Gasteiger partial charge in [-0.15, -0.1) is 0 Å². The number of hydrogen-bond donors (Lipinski definition) is 2. The minimum Gasteiger partial charge on any atom is -0.340 e. The number of anilines is 4. The Morgan fingerprint density at radius 3 is 2.33 bits per heavy atom. The molecule has 24 heavy (non-hydrogen) atoms. The van der Waals surface area contributed by atoms with E-state index in [9.17, 15) is 13.2 Å². The summed E-state index contributed by atoms with van der Waals surface area (Å²) in [5.74, 6) is -3.71. The van der Waals surface area contributed by atoms with Gasteiger partial charge in [0.05, 0.1) is 5.69 Å². The van der Waals surface area contributed by atoms with E-state index >= 15 is 0 Å². The maximum absolute atomic E-state index is 13.7. The number of benzene rings is 2. The molecule has 1 heterocycles. The molecule has 0 aliphatic rings. The summed E-state index contributed by atoms with van der Waals surface area (Å²) in [5.41, 5.74) is 0.473. The summed E-state index contributed by atoms with van der Waals surface area (Å²) in [4.78, 5) is 8.05. The van der Waals surface area contributed by atoms with E-state index in [-0.39, 0.29) is 11.6 Å². The SMILES string of the molecule is Fc1ccc(Nc2nccc(Nc3ccc(Cl)cc3)n2)c(F)c1F. The number of halogens is 4. The van der Waals surface area contributed by atoms with Gasteiger partial charge in [0.1, 0.15) is 5.82 Å². The van der Waals surface area contributed by atoms with E-state index in [0.717, 1.165) is 17.8 Å². The fourth-order valence-electron chi connectivity index (χ4n) is 1.91. The molecule has 0 unspecified atom stereocenters. The molecule has 0 radical (unpaired) electrons. The van der Waals surface area contributed by atoms with Crippen molar-refractivity contribution >= 4 is 34.7 Å². The number of aromatic nitrogens is 2. The van der Waals surface area contributed by atoms with Gasteiger partial charge in [-0.3, -0.25) is 0 Å². The van der Waals surface area contributed by atoms with E-state index in [1.807, 2.05) is 0 Å². The van der Waals surface area contributed by atoms with Crippen LogP contribution in [0, 0.1) is 17.5 Å². The van der Waals surface area contributed by atoms with Crippen LogP contribution in [-0.4, -0.2) is 9.97 Å². The molecule has 0 atom stereocenters. The van der Waals surface area contributed by atoms with Crippen LogP contribution in [0.3, 0.4) is 0 Å². The first-order chi connectivity index (χ1) is 11.5. The molecule has 2 aromatic carbocycles. The molecular formula is C16H10ClF3N4. The average molecular weight is 351 g/mol. The number of hydrogen-bond acceptors (Lipinski definition) is 4. The number of nitrogens with zero attached hydrogens (tertiary/aromatic N) is 2. The molecule has 3 aromatic rings. The van der Waals surface area contributed by atoms with Crippen molar-refractivity contribution in [3.05, 3.63) is 71.1 Å². The van der Waals surface area contributed by atoms with Crippen LogP contribution in [0.25, 0.3) is 0 Å². The maximum Gasteiger partial charge on any atom is 0.229 e. The zero-order valence-corrected chi connectivity index (χ0v) is 12.8. The Balaban J connectivity index is 1.80. The molecule has 8 heteroatoms. The van der Waals surface area contributed by atoms with Crippen molar-refractivity contribution in [3.63, 3.8) is 0 Å². The first-order valence-corrected chi connectivity index (χ1v) is 7.17. The monoisotopic (exact) mass is 350 g/mol. The Kier molecular flexibility index (Phi) is 4.52. The number of rotatable bonds is 4. The Labute approximate surface area is 140 Å². The summed E-state index contributed by atoms with van der Waals surface area (Å²) in [6, 6.07) is 10.4. The molecule has 0 amide bonds. The van der Waals surface area contributed by atoms with Crippen LogP contribution in [0.4, 0.5) is 36.3 Å². The minimum atomic E-state index is -1.56. The minimum absolute atomic E-state index is 0.0267. The first-order valence-electron chi connectivity index (χ1n) is 6.79. The third-order valence-electron chi connectivity index (χ3n) is 3.05. The summed E-state index contributed by atoms with van der Waals surface area (Å²) < 4.78 is 39.9. The van der Waals surface area contributed by atoms with E-state index in [1.165, 1.54) is 6.20 Å². The lowest BCUT2D eigenvalue weighted by Gasteiger charge is -2.09. The molecule has 2 N–H and O–H groups in total. The molecule has 0 bridgehead atoms. The van der Waals surface area contributed by atoms with Gasteiger partial charge < -0.3 is 10.6 Å². The van der Waals surface area contributed by atoms with Gasteiger partial charge in [-0.25, -0.2) is 18.2 Å². The normalized spacial score (nSPS) is 10.5. The van der Waals surface area contributed by atoms with Crippen LogP contribution >= 0.6 is 11.6 Å². The van der Waals surface area contributed by atoms with Crippen molar-refractivity contribution in [2.75, 3.05) is 10.6 Å². The van der Waals surface area contributed by atoms with Gasteiger partial charge in [-0.1, -0.05) is 11.6 Å². The highest BCUT2D eigenvalue weighted by molar-refractivity contribution is 6.30. The van der Waals surface area contributed by atoms with Crippen molar-refractivity contribution in [2.24, 2.45) is 0 Å². The van der Waals surface area contributed by atoms with E-state index < -0.39 is 17.5 Å². The molecule has 0 aliphatic heterocycles. The van der Waals surface area contributed by atoms with E-state index in [0.29, 0.717) is 10.8 Å². The fourth-order valence-corrected chi connectivity index (χ4v) is 2.04. The smallest absolute Gasteiger partial charge is 0.229 e. The molecule has 0 fully saturated rings. The topological polar surface area (TPSA) is 49.8 Å². The van der Waals surface area contributed by atoms with Crippen LogP contribution in [0.1, 0.15) is 0 Å². The predicted octanol–water partition coefficient (Wildman–Crippen LogP) is 5.03. The quantitative estimate of drug-likeness (QED) is 0.648. The molecule has 4 nitrogen and oxygen atoms in total. The fraction of sp³-hybridized carbons (Fsp3) is 0. The maximum atomic E-state index is 13.7. The summed E-state index contributed by atoms with van der Waals surface area (Å²) in [7, 11) is 0. The van der Waals surface area contributed by atoms with Gasteiger partial charge in [0.15, 0.2) is 17.5 Å². The third-order valence-corrected chi connectivity index (χ3v) is 3.31. The predicted molar refractivity (Wildman–Crippen MR) is 86.4 cm³/mol. The second-order valence-corrected chi connectivity index (χ2v) is 5.18. The second-order valence-electron chi connectivity index (χ2n) is 4.75. The van der Waals surface area contributed by atoms with Gasteiger partial charge in [0.2, 0.25) is 5.95 Å². The highest BCUT2D eigenvalue weighted by atomic mass is 35.5. The highest BCUT2D eigenvalue weighted by Gasteiger charge is 2.14. The van der Waals surface area contributed by atoms with E-state index in [1.54, 1.807) is 30.3 Å². The van der Waals surface area contributed by atoms with Gasteiger partial charge in [0, 0.05) is 16.9 Å². The summed E-state index contributed by atoms with van der Waals surface area (Å²) in [6.07, 6.45) is 1.44. The molecule has 1 aromatic heterocycles. The van der Waals surface area contributed by atoms with Crippen molar-refractivity contribution in [1.29, 1.82) is 0 Å². The third kappa shape index (κ3) is 3.57. The van der Waals surface area contributed by atoms with Crippen LogP contribution < -0.4 is 10.6 Å². The van der Waals surface area contributed by atoms with Gasteiger partial charge in [-0.05, 0) is 42.5 Å². The Morgan fingerprint density at radius 2 is 1.58 bits per heavy atom. The molecular weight excluding hydrogens is 341 g/mol. The largest absolute Gasteiger partial charge is 0.340 e. The van der Waals surface area contributed by atoms with Gasteiger partial charge >= 0.3 is 0 Å². The Bertz CT molecular complexity index is 872. The molecule has 122 valence electrons. The lowest BCUT2D eigenvalue weighted by molar-refractivity contribution is 0.449. The van der Waals surface area contributed by atoms with Gasteiger partial charge in [0.25, 0.3) is 0 Å². The van der Waals surface area contributed by atoms with Gasteiger partial charge in [-0.2, -0.15) is 4.98 Å². The van der Waals surface area contributed by atoms with Crippen LogP contribution in [-0.2, 0) is 0 Å². The second kappa shape index (κ2) is 6.76. The Morgan fingerprint density at radius 1 is 0.833 bits per heavy atom. The Hall–Kier alpha value is -2.80. The highest BCUT2D eigenvalue weighted by Crippen LogP contribution is 2.23. The van der Waals surface area contributed by atoms with Crippen molar-refractivity contribution in [1.82, 2.24) is 9.97 Å². The van der Waals surface area contributed by atoms with Crippen LogP contribution in [0.2, 0.25) is 5.02 Å². The first kappa shape index (κ1) is 16.1. The summed E-state index contributed by atoms with van der Waals surface area (Å²) in [6.45, 7) is 0. The standard InChI is InChI=1S/C16H10ClF3N4/c17-9-1-3-10(4-2-9)22-13-7-8-21-16(24-13)23-12-6-5-11(18)14(19)15(12)20/h1-8H,(H2,21,22,23,24). The zero-order chi connectivity index (χ0) is 17.1. The lowest BCUT2D eigenvalue weighted by atomic mass is 10.3. The van der Waals surface area contributed by atoms with Crippen molar-refractivity contribution in [2.45, 2.75) is 0 Å². The number of nitrogens with one attached hydrogen (secondary N) is 2. The zero-order valence-electron chi connectivity index (χ0n) is 12.0. The molecule has 0 saturated carbocycles. The van der Waals surface area contributed by atoms with E-state index in [4.69, 9.17) is 11.6 Å². The molecule has 3 rings (SSSR count). The molecule has 0 saturated heterocycles. The lowest BCUT2D eigenvalue weighted by Crippen LogP contribution is -2.03. The average Bonchev–Trinajstić information content (AvgIpc) is 2.58. The summed E-state index contributed by atoms with van der Waals surface area (Å²) in [5, 5.41) is 6.12. The molecule has 0 spiro atoms.